The predicted molar refractivity (Wildman–Crippen MR) is 108 cm³/mol. The van der Waals surface area contributed by atoms with Crippen LogP contribution < -0.4 is 4.74 Å². The van der Waals surface area contributed by atoms with Gasteiger partial charge in [-0.3, -0.25) is 9.37 Å². The van der Waals surface area contributed by atoms with Crippen LogP contribution in [0.3, 0.4) is 0 Å². The maximum atomic E-state index is 12.9. The molecule has 2 aromatic heterocycles. The molecule has 5 heteroatoms. The van der Waals surface area contributed by atoms with Crippen LogP contribution in [0.2, 0.25) is 0 Å². The third kappa shape index (κ3) is 3.60. The summed E-state index contributed by atoms with van der Waals surface area (Å²) in [6.07, 6.45) is 5.78. The van der Waals surface area contributed by atoms with Crippen LogP contribution in [0.25, 0.3) is 21.8 Å². The summed E-state index contributed by atoms with van der Waals surface area (Å²) in [5, 5.41) is 1.77. The molecule has 0 saturated heterocycles. The molecule has 0 bridgehead atoms. The normalized spacial score (nSPS) is 11.2. The van der Waals surface area contributed by atoms with Gasteiger partial charge < -0.3 is 9.30 Å². The fourth-order valence-electron chi connectivity index (χ4n) is 3.46. The topological polar surface area (TPSA) is 44.1 Å². The third-order valence-corrected chi connectivity index (χ3v) is 4.84. The first kappa shape index (κ1) is 18.2. The molecule has 28 heavy (non-hydrogen) atoms. The summed E-state index contributed by atoms with van der Waals surface area (Å²) in [4.78, 5) is 17.3. The molecule has 0 aliphatic rings. The Morgan fingerprint density at radius 2 is 1.86 bits per heavy atom. The van der Waals surface area contributed by atoms with E-state index in [9.17, 15) is 9.18 Å². The highest BCUT2D eigenvalue weighted by atomic mass is 19.1. The van der Waals surface area contributed by atoms with E-state index in [0.29, 0.717) is 23.3 Å². The lowest BCUT2D eigenvalue weighted by Crippen LogP contribution is -2.08. The first-order chi connectivity index (χ1) is 13.8. The highest BCUT2D eigenvalue weighted by Gasteiger charge is 2.18. The lowest BCUT2D eigenvalue weighted by molar-refractivity contribution is 0.0738. The van der Waals surface area contributed by atoms with E-state index in [-0.39, 0.29) is 6.67 Å². The second-order valence-corrected chi connectivity index (χ2v) is 6.72. The second kappa shape index (κ2) is 8.21. The summed E-state index contributed by atoms with van der Waals surface area (Å²) >= 11 is 0. The number of pyridine rings is 1. The van der Waals surface area contributed by atoms with Gasteiger partial charge in [0.05, 0.1) is 12.2 Å². The van der Waals surface area contributed by atoms with E-state index >= 15 is 0 Å². The van der Waals surface area contributed by atoms with Crippen molar-refractivity contribution in [1.82, 2.24) is 9.55 Å². The van der Waals surface area contributed by atoms with Gasteiger partial charge >= 0.3 is 5.97 Å². The molecule has 0 N–H and O–H groups in total. The number of fused-ring (bicyclic) bond motifs is 2. The van der Waals surface area contributed by atoms with Crippen molar-refractivity contribution >= 4 is 27.8 Å². The van der Waals surface area contributed by atoms with Gasteiger partial charge in [-0.2, -0.15) is 0 Å². The van der Waals surface area contributed by atoms with Crippen LogP contribution in [-0.2, 0) is 6.54 Å². The number of nitrogens with zero attached hydrogens (tertiary/aromatic N) is 2. The Bertz CT molecular complexity index is 1110. The average Bonchev–Trinajstić information content (AvgIpc) is 3.10. The predicted octanol–water partition coefficient (Wildman–Crippen LogP) is 5.55. The number of para-hydroxylation sites is 2. The van der Waals surface area contributed by atoms with Gasteiger partial charge in [0.25, 0.3) is 0 Å². The van der Waals surface area contributed by atoms with E-state index in [1.165, 1.54) is 0 Å². The molecule has 0 atom stereocenters. The maximum absolute atomic E-state index is 12.9. The summed E-state index contributed by atoms with van der Waals surface area (Å²) < 4.78 is 20.1. The van der Waals surface area contributed by atoms with Crippen LogP contribution >= 0.6 is 0 Å². The summed E-state index contributed by atoms with van der Waals surface area (Å²) in [5.41, 5.74) is 2.16. The number of rotatable bonds is 7. The van der Waals surface area contributed by atoms with E-state index in [4.69, 9.17) is 4.74 Å². The zero-order chi connectivity index (χ0) is 19.3. The molecule has 0 spiro atoms. The van der Waals surface area contributed by atoms with Crippen molar-refractivity contribution in [3.63, 3.8) is 0 Å². The van der Waals surface area contributed by atoms with Crippen molar-refractivity contribution in [1.29, 1.82) is 0 Å². The van der Waals surface area contributed by atoms with Crippen molar-refractivity contribution < 1.29 is 13.9 Å². The average molecular weight is 376 g/mol. The number of benzene rings is 2. The molecule has 0 fully saturated rings. The van der Waals surface area contributed by atoms with E-state index < -0.39 is 5.97 Å². The molecule has 2 heterocycles. The van der Waals surface area contributed by atoms with Crippen molar-refractivity contribution in [3.05, 3.63) is 72.6 Å². The van der Waals surface area contributed by atoms with Crippen LogP contribution in [0, 0.1) is 0 Å². The standard InChI is InChI=1S/C23H21FN2O2/c24-13-4-1-5-15-26-16-19(18-10-2-3-11-20(18)26)23(27)28-21-12-6-8-17-9-7-14-25-22(17)21/h2-3,6-12,14,16H,1,4-5,13,15H2. The van der Waals surface area contributed by atoms with Gasteiger partial charge in [-0.05, 0) is 37.5 Å². The molecule has 0 saturated carbocycles. The number of aromatic nitrogens is 2. The highest BCUT2D eigenvalue weighted by molar-refractivity contribution is 6.05. The number of hydrogen-bond acceptors (Lipinski definition) is 3. The monoisotopic (exact) mass is 376 g/mol. The second-order valence-electron chi connectivity index (χ2n) is 6.72. The molecule has 0 radical (unpaired) electrons. The highest BCUT2D eigenvalue weighted by Crippen LogP contribution is 2.27. The van der Waals surface area contributed by atoms with Crippen molar-refractivity contribution in [3.8, 4) is 5.75 Å². The zero-order valence-corrected chi connectivity index (χ0v) is 15.5. The van der Waals surface area contributed by atoms with Crippen LogP contribution in [0.5, 0.6) is 5.75 Å². The number of ether oxygens (including phenoxy) is 1. The molecule has 0 unspecified atom stereocenters. The molecule has 142 valence electrons. The Morgan fingerprint density at radius 1 is 1.00 bits per heavy atom. The summed E-state index contributed by atoms with van der Waals surface area (Å²) in [6, 6.07) is 17.1. The lowest BCUT2D eigenvalue weighted by Gasteiger charge is -2.06. The smallest absolute Gasteiger partial charge is 0.345 e. The number of hydrogen-bond donors (Lipinski definition) is 0. The number of carbonyl (C=O) groups is 1. The number of aryl methyl sites for hydroxylation is 1. The minimum absolute atomic E-state index is 0.289. The molecule has 0 aliphatic carbocycles. The van der Waals surface area contributed by atoms with Gasteiger partial charge in [-0.1, -0.05) is 36.4 Å². The lowest BCUT2D eigenvalue weighted by atomic mass is 10.2. The Kier molecular flexibility index (Phi) is 5.33. The summed E-state index contributed by atoms with van der Waals surface area (Å²) in [5.74, 6) is 0.0414. The number of unbranched alkanes of at least 4 members (excludes halogenated alkanes) is 2. The number of alkyl halides is 1. The van der Waals surface area contributed by atoms with Crippen LogP contribution in [0.4, 0.5) is 4.39 Å². The maximum Gasteiger partial charge on any atom is 0.345 e. The van der Waals surface area contributed by atoms with Gasteiger partial charge in [0.1, 0.15) is 5.52 Å². The quantitative estimate of drug-likeness (QED) is 0.241. The van der Waals surface area contributed by atoms with Crippen LogP contribution in [0.15, 0.2) is 67.0 Å². The minimum atomic E-state index is -0.406. The van der Waals surface area contributed by atoms with E-state index in [1.54, 1.807) is 12.3 Å². The van der Waals surface area contributed by atoms with Crippen molar-refractivity contribution in [2.45, 2.75) is 25.8 Å². The summed E-state index contributed by atoms with van der Waals surface area (Å²) in [7, 11) is 0. The third-order valence-electron chi connectivity index (χ3n) is 4.84. The molecule has 4 nitrogen and oxygen atoms in total. The largest absolute Gasteiger partial charge is 0.421 e. The van der Waals surface area contributed by atoms with E-state index in [0.717, 1.165) is 35.7 Å². The number of carbonyl (C=O) groups excluding carboxylic acids is 1. The van der Waals surface area contributed by atoms with Gasteiger partial charge in [0.2, 0.25) is 0 Å². The van der Waals surface area contributed by atoms with Crippen LogP contribution in [0.1, 0.15) is 29.6 Å². The summed E-state index contributed by atoms with van der Waals surface area (Å²) in [6.45, 7) is 0.451. The number of halogens is 1. The first-order valence-electron chi connectivity index (χ1n) is 9.47. The molecule has 4 rings (SSSR count). The molecular weight excluding hydrogens is 355 g/mol. The SMILES string of the molecule is O=C(Oc1cccc2cccnc12)c1cn(CCCCCF)c2ccccc12. The minimum Gasteiger partial charge on any atom is -0.421 e. The van der Waals surface area contributed by atoms with Crippen molar-refractivity contribution in [2.24, 2.45) is 0 Å². The van der Waals surface area contributed by atoms with Gasteiger partial charge in [0.15, 0.2) is 5.75 Å². The molecule has 0 amide bonds. The Balaban J connectivity index is 1.63. The Labute approximate surface area is 162 Å². The first-order valence-corrected chi connectivity index (χ1v) is 9.47. The van der Waals surface area contributed by atoms with Gasteiger partial charge in [0, 0.05) is 35.2 Å². The van der Waals surface area contributed by atoms with Crippen molar-refractivity contribution in [2.75, 3.05) is 6.67 Å². The molecule has 2 aromatic carbocycles. The van der Waals surface area contributed by atoms with Crippen LogP contribution in [-0.4, -0.2) is 22.2 Å². The molecular formula is C23H21FN2O2. The fraction of sp³-hybridized carbons (Fsp3) is 0.217. The number of esters is 1. The molecule has 0 aliphatic heterocycles. The Hall–Kier alpha value is -3.21. The fourth-order valence-corrected chi connectivity index (χ4v) is 3.46. The molecule has 4 aromatic rings. The zero-order valence-electron chi connectivity index (χ0n) is 15.5. The Morgan fingerprint density at radius 3 is 2.75 bits per heavy atom. The van der Waals surface area contributed by atoms with E-state index in [2.05, 4.69) is 4.98 Å². The van der Waals surface area contributed by atoms with Gasteiger partial charge in [-0.25, -0.2) is 4.79 Å². The van der Waals surface area contributed by atoms with E-state index in [1.807, 2.05) is 59.3 Å². The van der Waals surface area contributed by atoms with Gasteiger partial charge in [-0.15, -0.1) is 0 Å².